The van der Waals surface area contributed by atoms with Crippen molar-refractivity contribution in [3.8, 4) is 0 Å². The first-order chi connectivity index (χ1) is 21.2. The van der Waals surface area contributed by atoms with Gasteiger partial charge in [0, 0.05) is 48.3 Å². The summed E-state index contributed by atoms with van der Waals surface area (Å²) in [5, 5.41) is 6.68. The molecule has 44 heavy (non-hydrogen) atoms. The van der Waals surface area contributed by atoms with E-state index in [1.165, 1.54) is 0 Å². The third kappa shape index (κ3) is 9.41. The Hall–Kier alpha value is -2.68. The van der Waals surface area contributed by atoms with Gasteiger partial charge >= 0.3 is 0 Å². The van der Waals surface area contributed by atoms with Crippen LogP contribution in [0.25, 0.3) is 10.8 Å². The summed E-state index contributed by atoms with van der Waals surface area (Å²) in [6.07, 6.45) is 4.13. The summed E-state index contributed by atoms with van der Waals surface area (Å²) in [4.78, 5) is 31.9. The van der Waals surface area contributed by atoms with E-state index in [9.17, 15) is 9.59 Å². The van der Waals surface area contributed by atoms with Crippen LogP contribution in [0.15, 0.2) is 60.7 Å². The third-order valence-corrected chi connectivity index (χ3v) is 9.03. The summed E-state index contributed by atoms with van der Waals surface area (Å²) >= 11 is 12.5. The van der Waals surface area contributed by atoms with Crippen molar-refractivity contribution in [3.63, 3.8) is 0 Å². The molecular weight excluding hydrogens is 593 g/mol. The minimum absolute atomic E-state index is 0.0827. The van der Waals surface area contributed by atoms with Gasteiger partial charge in [0.2, 0.25) is 11.8 Å². The lowest BCUT2D eigenvalue weighted by Crippen LogP contribution is -2.64. The quantitative estimate of drug-likeness (QED) is 0.204. The molecule has 1 fully saturated rings. The number of halogens is 2. The third-order valence-electron chi connectivity index (χ3n) is 8.45. The predicted octanol–water partition coefficient (Wildman–Crippen LogP) is 5.43. The predicted molar refractivity (Wildman–Crippen MR) is 182 cm³/mol. The summed E-state index contributed by atoms with van der Waals surface area (Å²) in [7, 11) is 0. The van der Waals surface area contributed by atoms with E-state index in [-0.39, 0.29) is 23.9 Å². The van der Waals surface area contributed by atoms with Crippen LogP contribution in [0.1, 0.15) is 50.7 Å². The van der Waals surface area contributed by atoms with Gasteiger partial charge in [0.25, 0.3) is 0 Å². The minimum atomic E-state index is -0.748. The molecule has 0 bridgehead atoms. The SMILES string of the molecule is CC(C)C[C@@H]1CN(C(=O)C(N)Cc2ccc(Cl)cc2Cl)[C@@H](CCCCNCCN)CN1C(=O)Cc1ccc2ccccc2c1. The Morgan fingerprint density at radius 3 is 2.41 bits per heavy atom. The van der Waals surface area contributed by atoms with Crippen molar-refractivity contribution in [2.45, 2.75) is 70.5 Å². The molecule has 0 aliphatic carbocycles. The molecule has 0 spiro atoms. The zero-order chi connectivity index (χ0) is 31.6. The van der Waals surface area contributed by atoms with Crippen molar-refractivity contribution < 1.29 is 9.59 Å². The van der Waals surface area contributed by atoms with Crippen molar-refractivity contribution in [3.05, 3.63) is 81.8 Å². The van der Waals surface area contributed by atoms with Gasteiger partial charge in [-0.05, 0) is 72.2 Å². The number of hydrogen-bond donors (Lipinski definition) is 3. The van der Waals surface area contributed by atoms with Crippen molar-refractivity contribution in [1.29, 1.82) is 0 Å². The second-order valence-electron chi connectivity index (χ2n) is 12.4. The van der Waals surface area contributed by atoms with Gasteiger partial charge in [-0.1, -0.05) is 92.0 Å². The summed E-state index contributed by atoms with van der Waals surface area (Å²) in [6, 6.07) is 18.8. The zero-order valence-corrected chi connectivity index (χ0v) is 27.5. The molecule has 1 heterocycles. The van der Waals surface area contributed by atoms with E-state index < -0.39 is 6.04 Å². The zero-order valence-electron chi connectivity index (χ0n) is 26.0. The van der Waals surface area contributed by atoms with Gasteiger partial charge in [-0.25, -0.2) is 0 Å². The number of benzene rings is 3. The normalized spacial score (nSPS) is 17.8. The lowest BCUT2D eigenvalue weighted by Gasteiger charge is -2.48. The number of amides is 2. The molecule has 238 valence electrons. The number of fused-ring (bicyclic) bond motifs is 1. The molecule has 0 aromatic heterocycles. The first-order valence-electron chi connectivity index (χ1n) is 15.8. The fourth-order valence-electron chi connectivity index (χ4n) is 6.22. The second kappa shape index (κ2) is 16.6. The maximum Gasteiger partial charge on any atom is 0.240 e. The molecule has 1 aliphatic rings. The molecular formula is C35H47Cl2N5O2. The van der Waals surface area contributed by atoms with Gasteiger partial charge in [0.05, 0.1) is 12.5 Å². The molecule has 0 saturated carbocycles. The van der Waals surface area contributed by atoms with E-state index >= 15 is 0 Å². The molecule has 3 aromatic rings. The van der Waals surface area contributed by atoms with E-state index in [4.69, 9.17) is 34.7 Å². The molecule has 4 rings (SSSR count). The maximum absolute atomic E-state index is 14.0. The van der Waals surface area contributed by atoms with Crippen LogP contribution in [0.3, 0.4) is 0 Å². The average Bonchev–Trinajstić information content (AvgIpc) is 2.99. The molecule has 0 radical (unpaired) electrons. The van der Waals surface area contributed by atoms with Crippen molar-refractivity contribution >= 4 is 45.8 Å². The summed E-state index contributed by atoms with van der Waals surface area (Å²) in [5.74, 6) is 0.363. The fraction of sp³-hybridized carbons (Fsp3) is 0.486. The van der Waals surface area contributed by atoms with Gasteiger partial charge in [-0.3, -0.25) is 9.59 Å². The Morgan fingerprint density at radius 2 is 1.68 bits per heavy atom. The van der Waals surface area contributed by atoms with Gasteiger partial charge in [-0.2, -0.15) is 0 Å². The Bertz CT molecular complexity index is 1400. The van der Waals surface area contributed by atoms with Gasteiger partial charge in [0.15, 0.2) is 0 Å². The second-order valence-corrected chi connectivity index (χ2v) is 13.3. The van der Waals surface area contributed by atoms with Gasteiger partial charge in [-0.15, -0.1) is 0 Å². The van der Waals surface area contributed by atoms with E-state index in [1.807, 2.05) is 34.1 Å². The topological polar surface area (TPSA) is 105 Å². The highest BCUT2D eigenvalue weighted by atomic mass is 35.5. The molecule has 5 N–H and O–H groups in total. The summed E-state index contributed by atoms with van der Waals surface area (Å²) in [6.45, 7) is 7.54. The highest BCUT2D eigenvalue weighted by molar-refractivity contribution is 6.35. The van der Waals surface area contributed by atoms with Gasteiger partial charge in [0.1, 0.15) is 0 Å². The number of nitrogens with zero attached hydrogens (tertiary/aromatic N) is 2. The van der Waals surface area contributed by atoms with Crippen LogP contribution in [0, 0.1) is 5.92 Å². The first-order valence-corrected chi connectivity index (χ1v) is 16.6. The van der Waals surface area contributed by atoms with Crippen LogP contribution in [-0.2, 0) is 22.4 Å². The number of nitrogens with two attached hydrogens (primary N) is 2. The maximum atomic E-state index is 14.0. The first kappa shape index (κ1) is 34.2. The standard InChI is InChI=1S/C35H47Cl2N5O2/c1-24(2)17-31-23-42(35(44)33(39)20-28-12-13-29(36)21-32(28)37)30(9-5-6-15-40-16-14-38)22-41(31)34(43)19-25-10-11-26-7-3-4-8-27(26)18-25/h3-4,7-8,10-13,18,21,24,30-31,33,40H,5-6,9,14-17,19-20,22-23,38-39H2,1-2H3/t30-,31+,33?/m0/s1. The van der Waals surface area contributed by atoms with Crippen LogP contribution in [0.5, 0.6) is 0 Å². The molecule has 3 atom stereocenters. The fourth-order valence-corrected chi connectivity index (χ4v) is 6.71. The number of rotatable bonds is 14. The van der Waals surface area contributed by atoms with Crippen LogP contribution in [-0.4, -0.2) is 72.5 Å². The Kier molecular flexibility index (Phi) is 12.9. The average molecular weight is 641 g/mol. The number of nitrogens with one attached hydrogen (secondary N) is 1. The van der Waals surface area contributed by atoms with E-state index in [2.05, 4.69) is 43.4 Å². The minimum Gasteiger partial charge on any atom is -0.336 e. The van der Waals surface area contributed by atoms with Crippen LogP contribution < -0.4 is 16.8 Å². The number of unbranched alkanes of at least 4 members (excludes halogenated alkanes) is 1. The molecule has 7 nitrogen and oxygen atoms in total. The highest BCUT2D eigenvalue weighted by Gasteiger charge is 2.39. The van der Waals surface area contributed by atoms with Gasteiger partial charge < -0.3 is 26.6 Å². The summed E-state index contributed by atoms with van der Waals surface area (Å²) < 4.78 is 0. The lowest BCUT2D eigenvalue weighted by atomic mass is 9.93. The highest BCUT2D eigenvalue weighted by Crippen LogP contribution is 2.27. The molecule has 1 aliphatic heterocycles. The monoisotopic (exact) mass is 639 g/mol. The van der Waals surface area contributed by atoms with Crippen LogP contribution in [0.4, 0.5) is 0 Å². The Balaban J connectivity index is 1.53. The van der Waals surface area contributed by atoms with Crippen LogP contribution in [0.2, 0.25) is 10.0 Å². The largest absolute Gasteiger partial charge is 0.336 e. The molecule has 3 aromatic carbocycles. The smallest absolute Gasteiger partial charge is 0.240 e. The number of carbonyl (C=O) groups excluding carboxylic acids is 2. The Labute approximate surface area is 272 Å². The van der Waals surface area contributed by atoms with Crippen molar-refractivity contribution in [2.75, 3.05) is 32.7 Å². The molecule has 1 unspecified atom stereocenters. The molecule has 1 saturated heterocycles. The Morgan fingerprint density at radius 1 is 0.932 bits per heavy atom. The summed E-state index contributed by atoms with van der Waals surface area (Å²) in [5.41, 5.74) is 14.0. The number of hydrogen-bond acceptors (Lipinski definition) is 5. The molecule has 2 amide bonds. The van der Waals surface area contributed by atoms with Crippen molar-refractivity contribution in [2.24, 2.45) is 17.4 Å². The van der Waals surface area contributed by atoms with Crippen molar-refractivity contribution in [1.82, 2.24) is 15.1 Å². The molecule has 9 heteroatoms. The number of piperazine rings is 1. The number of carbonyl (C=O) groups is 2. The van der Waals surface area contributed by atoms with E-state index in [0.29, 0.717) is 48.4 Å². The van der Waals surface area contributed by atoms with E-state index in [0.717, 1.165) is 60.7 Å². The van der Waals surface area contributed by atoms with E-state index in [1.54, 1.807) is 12.1 Å². The lowest BCUT2D eigenvalue weighted by molar-refractivity contribution is -0.148. The van der Waals surface area contributed by atoms with Crippen LogP contribution >= 0.6 is 23.2 Å².